The topological polar surface area (TPSA) is 104 Å². The van der Waals surface area contributed by atoms with E-state index in [-0.39, 0.29) is 25.1 Å². The minimum atomic E-state index is -3.51. The average Bonchev–Trinajstić information content (AvgIpc) is 2.26. The lowest BCUT2D eigenvalue weighted by Crippen LogP contribution is -2.46. The molecule has 2 unspecified atom stereocenters. The second-order valence-corrected chi connectivity index (χ2v) is 7.49. The third-order valence-corrected chi connectivity index (χ3v) is 4.90. The zero-order valence-electron chi connectivity index (χ0n) is 11.3. The van der Waals surface area contributed by atoms with Crippen molar-refractivity contribution in [2.75, 3.05) is 12.3 Å². The molecule has 112 valence electrons. The highest BCUT2D eigenvalue weighted by atomic mass is 32.2. The fourth-order valence-electron chi connectivity index (χ4n) is 2.52. The van der Waals surface area contributed by atoms with Crippen LogP contribution in [0.4, 0.5) is 0 Å². The standard InChI is InChI=1S/C12H23NO5S/c1-10-4-2-6-12(16,8-10)9-13-19(17,18)7-3-5-11(14)15/h10,13,16H,2-9H2,1H3,(H,14,15). The van der Waals surface area contributed by atoms with Crippen LogP contribution in [0, 0.1) is 5.92 Å². The molecule has 19 heavy (non-hydrogen) atoms. The Morgan fingerprint density at radius 2 is 2.16 bits per heavy atom. The first kappa shape index (κ1) is 16.4. The fraction of sp³-hybridized carbons (Fsp3) is 0.917. The van der Waals surface area contributed by atoms with Gasteiger partial charge in [0.05, 0.1) is 11.4 Å². The van der Waals surface area contributed by atoms with E-state index in [1.807, 2.05) is 6.92 Å². The van der Waals surface area contributed by atoms with Gasteiger partial charge >= 0.3 is 5.97 Å². The maximum atomic E-state index is 11.7. The molecule has 0 aromatic heterocycles. The van der Waals surface area contributed by atoms with Gasteiger partial charge in [-0.25, -0.2) is 13.1 Å². The summed E-state index contributed by atoms with van der Waals surface area (Å²) in [7, 11) is -3.51. The lowest BCUT2D eigenvalue weighted by molar-refractivity contribution is -0.137. The Bertz CT molecular complexity index is 408. The number of hydrogen-bond donors (Lipinski definition) is 3. The summed E-state index contributed by atoms with van der Waals surface area (Å²) in [5.41, 5.74) is -0.961. The van der Waals surface area contributed by atoms with Gasteiger partial charge in [0, 0.05) is 13.0 Å². The maximum Gasteiger partial charge on any atom is 0.303 e. The summed E-state index contributed by atoms with van der Waals surface area (Å²) in [5.74, 6) is -0.824. The van der Waals surface area contributed by atoms with Crippen LogP contribution in [0.5, 0.6) is 0 Å². The second-order valence-electron chi connectivity index (χ2n) is 5.56. The Morgan fingerprint density at radius 3 is 2.74 bits per heavy atom. The van der Waals surface area contributed by atoms with E-state index in [2.05, 4.69) is 4.72 Å². The molecule has 1 aliphatic carbocycles. The number of rotatable bonds is 7. The highest BCUT2D eigenvalue weighted by Gasteiger charge is 2.33. The Labute approximate surface area is 114 Å². The molecule has 0 heterocycles. The molecule has 1 rings (SSSR count). The van der Waals surface area contributed by atoms with Crippen LogP contribution in [0.2, 0.25) is 0 Å². The highest BCUT2D eigenvalue weighted by molar-refractivity contribution is 7.89. The van der Waals surface area contributed by atoms with Crippen molar-refractivity contribution in [2.45, 2.75) is 51.0 Å². The average molecular weight is 293 g/mol. The van der Waals surface area contributed by atoms with Gasteiger partial charge in [-0.2, -0.15) is 0 Å². The molecule has 1 aliphatic rings. The summed E-state index contributed by atoms with van der Waals surface area (Å²) in [4.78, 5) is 10.3. The third kappa shape index (κ3) is 6.35. The Hall–Kier alpha value is -0.660. The number of carboxylic acid groups (broad SMARTS) is 1. The van der Waals surface area contributed by atoms with E-state index in [1.165, 1.54) is 0 Å². The zero-order chi connectivity index (χ0) is 14.5. The Kier molecular flexibility index (Phi) is 5.76. The maximum absolute atomic E-state index is 11.7. The number of aliphatic carboxylic acids is 1. The molecule has 1 saturated carbocycles. The summed E-state index contributed by atoms with van der Waals surface area (Å²) < 4.78 is 25.7. The van der Waals surface area contributed by atoms with Crippen LogP contribution in [0.25, 0.3) is 0 Å². The van der Waals surface area contributed by atoms with Gasteiger partial charge in [0.2, 0.25) is 10.0 Å². The van der Waals surface area contributed by atoms with Crippen molar-refractivity contribution >= 4 is 16.0 Å². The van der Waals surface area contributed by atoms with Crippen LogP contribution >= 0.6 is 0 Å². The summed E-state index contributed by atoms with van der Waals surface area (Å²) in [5, 5.41) is 18.8. The first-order valence-electron chi connectivity index (χ1n) is 6.64. The predicted molar refractivity (Wildman–Crippen MR) is 71.2 cm³/mol. The lowest BCUT2D eigenvalue weighted by atomic mass is 9.79. The monoisotopic (exact) mass is 293 g/mol. The molecule has 0 saturated heterocycles. The van der Waals surface area contributed by atoms with Gasteiger partial charge in [-0.15, -0.1) is 0 Å². The van der Waals surface area contributed by atoms with Crippen LogP contribution in [-0.2, 0) is 14.8 Å². The van der Waals surface area contributed by atoms with Gasteiger partial charge in [0.15, 0.2) is 0 Å². The third-order valence-electron chi connectivity index (χ3n) is 3.49. The lowest BCUT2D eigenvalue weighted by Gasteiger charge is -2.35. The molecule has 1 fully saturated rings. The molecule has 0 aliphatic heterocycles. The van der Waals surface area contributed by atoms with Crippen LogP contribution in [0.3, 0.4) is 0 Å². The number of aliphatic hydroxyl groups is 1. The Balaban J connectivity index is 2.39. The van der Waals surface area contributed by atoms with Gasteiger partial charge in [0.25, 0.3) is 0 Å². The zero-order valence-corrected chi connectivity index (χ0v) is 12.1. The Morgan fingerprint density at radius 1 is 1.47 bits per heavy atom. The van der Waals surface area contributed by atoms with Crippen molar-refractivity contribution in [2.24, 2.45) is 5.92 Å². The van der Waals surface area contributed by atoms with E-state index >= 15 is 0 Å². The van der Waals surface area contributed by atoms with Crippen LogP contribution < -0.4 is 4.72 Å². The van der Waals surface area contributed by atoms with Crippen molar-refractivity contribution in [3.63, 3.8) is 0 Å². The SMILES string of the molecule is CC1CCCC(O)(CNS(=O)(=O)CCCC(=O)O)C1. The van der Waals surface area contributed by atoms with Crippen molar-refractivity contribution in [1.82, 2.24) is 4.72 Å². The van der Waals surface area contributed by atoms with Crippen molar-refractivity contribution in [3.05, 3.63) is 0 Å². The number of carboxylic acids is 1. The van der Waals surface area contributed by atoms with Crippen molar-refractivity contribution in [1.29, 1.82) is 0 Å². The second kappa shape index (κ2) is 6.67. The minimum absolute atomic E-state index is 0.0206. The first-order chi connectivity index (χ1) is 8.72. The molecule has 0 amide bonds. The molecule has 0 aromatic carbocycles. The van der Waals surface area contributed by atoms with E-state index in [0.29, 0.717) is 18.8 Å². The van der Waals surface area contributed by atoms with E-state index in [4.69, 9.17) is 5.11 Å². The summed E-state index contributed by atoms with van der Waals surface area (Å²) in [6.45, 7) is 2.07. The van der Waals surface area contributed by atoms with Crippen LogP contribution in [0.1, 0.15) is 45.4 Å². The first-order valence-corrected chi connectivity index (χ1v) is 8.29. The molecule has 0 bridgehead atoms. The van der Waals surface area contributed by atoms with Crippen molar-refractivity contribution in [3.8, 4) is 0 Å². The smallest absolute Gasteiger partial charge is 0.303 e. The fourth-order valence-corrected chi connectivity index (χ4v) is 3.68. The van der Waals surface area contributed by atoms with Gasteiger partial charge in [0.1, 0.15) is 0 Å². The molecular weight excluding hydrogens is 270 g/mol. The number of carbonyl (C=O) groups is 1. The van der Waals surface area contributed by atoms with Crippen LogP contribution in [-0.4, -0.2) is 42.5 Å². The molecule has 2 atom stereocenters. The number of nitrogens with one attached hydrogen (secondary N) is 1. The molecule has 0 aromatic rings. The van der Waals surface area contributed by atoms with Crippen molar-refractivity contribution < 1.29 is 23.4 Å². The van der Waals surface area contributed by atoms with Gasteiger partial charge < -0.3 is 10.2 Å². The summed E-state index contributed by atoms with van der Waals surface area (Å²) >= 11 is 0. The van der Waals surface area contributed by atoms with E-state index < -0.39 is 21.6 Å². The van der Waals surface area contributed by atoms with Gasteiger partial charge in [-0.3, -0.25) is 4.79 Å². The quantitative estimate of drug-likeness (QED) is 0.641. The molecule has 0 spiro atoms. The van der Waals surface area contributed by atoms with E-state index in [0.717, 1.165) is 12.8 Å². The van der Waals surface area contributed by atoms with E-state index in [1.54, 1.807) is 0 Å². The largest absolute Gasteiger partial charge is 0.481 e. The predicted octanol–water partition coefficient (Wildman–Crippen LogP) is 0.712. The molecule has 0 radical (unpaired) electrons. The van der Waals surface area contributed by atoms with E-state index in [9.17, 15) is 18.3 Å². The molecule has 3 N–H and O–H groups in total. The molecular formula is C12H23NO5S. The van der Waals surface area contributed by atoms with Gasteiger partial charge in [-0.05, 0) is 25.2 Å². The number of sulfonamides is 1. The normalized spacial score (nSPS) is 28.2. The summed E-state index contributed by atoms with van der Waals surface area (Å²) in [6, 6.07) is 0. The minimum Gasteiger partial charge on any atom is -0.481 e. The highest BCUT2D eigenvalue weighted by Crippen LogP contribution is 2.31. The number of hydrogen-bond acceptors (Lipinski definition) is 4. The molecule has 6 nitrogen and oxygen atoms in total. The summed E-state index contributed by atoms with van der Waals surface area (Å²) in [6.07, 6.45) is 3.09. The van der Waals surface area contributed by atoms with Gasteiger partial charge in [-0.1, -0.05) is 19.8 Å². The van der Waals surface area contributed by atoms with Crippen LogP contribution in [0.15, 0.2) is 0 Å². The molecule has 7 heteroatoms.